The van der Waals surface area contributed by atoms with Gasteiger partial charge in [0.05, 0.1) is 52.0 Å². The van der Waals surface area contributed by atoms with Crippen LogP contribution in [0.2, 0.25) is 0 Å². The second-order valence-corrected chi connectivity index (χ2v) is 23.1. The number of aromatic nitrogens is 5. The van der Waals surface area contributed by atoms with E-state index in [0.717, 1.165) is 68.1 Å². The lowest BCUT2D eigenvalue weighted by Crippen LogP contribution is -2.48. The van der Waals surface area contributed by atoms with Crippen molar-refractivity contribution in [1.82, 2.24) is 39.8 Å². The number of alkyl halides is 1. The van der Waals surface area contributed by atoms with Gasteiger partial charge in [0, 0.05) is 80.9 Å². The first-order valence-corrected chi connectivity index (χ1v) is 28.3. The lowest BCUT2D eigenvalue weighted by atomic mass is 9.80. The zero-order valence-corrected chi connectivity index (χ0v) is 44.6. The van der Waals surface area contributed by atoms with E-state index < -0.39 is 23.2 Å². The molecule has 0 radical (unpaired) electrons. The van der Waals surface area contributed by atoms with Crippen LogP contribution in [0.1, 0.15) is 106 Å². The monoisotopic (exact) mass is 1080 g/mol. The van der Waals surface area contributed by atoms with Gasteiger partial charge in [0.25, 0.3) is 0 Å². The Morgan fingerprint density at radius 2 is 1.76 bits per heavy atom. The number of anilines is 2. The molecule has 3 aromatic carbocycles. The van der Waals surface area contributed by atoms with Gasteiger partial charge in [0.2, 0.25) is 11.8 Å². The normalized spacial score (nSPS) is 24.5. The maximum absolute atomic E-state index is 17.5. The van der Waals surface area contributed by atoms with Gasteiger partial charge in [-0.15, -0.1) is 6.42 Å². The highest BCUT2D eigenvalue weighted by Crippen LogP contribution is 2.45. The van der Waals surface area contributed by atoms with Gasteiger partial charge >= 0.3 is 12.1 Å². The van der Waals surface area contributed by atoms with Gasteiger partial charge in [-0.3, -0.25) is 24.5 Å². The maximum atomic E-state index is 17.5. The summed E-state index contributed by atoms with van der Waals surface area (Å²) in [6.07, 6.45) is 14.4. The molecule has 7 aliphatic rings. The van der Waals surface area contributed by atoms with Gasteiger partial charge < -0.3 is 28.9 Å². The number of pyridine rings is 1. The molecule has 0 saturated carbocycles. The number of rotatable bonds is 10. The smallest absolute Gasteiger partial charge is 0.409 e. The Morgan fingerprint density at radius 1 is 0.911 bits per heavy atom. The van der Waals surface area contributed by atoms with Gasteiger partial charge in [-0.2, -0.15) is 15.1 Å². The van der Waals surface area contributed by atoms with E-state index in [9.17, 15) is 14.4 Å². The summed E-state index contributed by atoms with van der Waals surface area (Å²) in [4.78, 5) is 61.5. The van der Waals surface area contributed by atoms with Crippen LogP contribution in [0.15, 0.2) is 48.5 Å². The minimum absolute atomic E-state index is 0.00155. The highest BCUT2D eigenvalue weighted by Gasteiger charge is 2.51. The Labute approximate surface area is 456 Å². The minimum Gasteiger partial charge on any atom is -0.461 e. The van der Waals surface area contributed by atoms with Gasteiger partial charge in [-0.25, -0.2) is 22.9 Å². The molecule has 16 nitrogen and oxygen atoms in total. The van der Waals surface area contributed by atoms with Crippen molar-refractivity contribution in [2.75, 3.05) is 75.5 Å². The van der Waals surface area contributed by atoms with Crippen molar-refractivity contribution >= 4 is 62.0 Å². The molecular formula is C60H65F3N10O6. The number of likely N-dealkylation sites (tertiary alicyclic amines) is 1. The largest absolute Gasteiger partial charge is 0.461 e. The molecule has 0 spiro atoms. The summed E-state index contributed by atoms with van der Waals surface area (Å²) in [5, 5.41) is 9.63. The number of hydrogen-bond acceptors (Lipinski definition) is 13. The number of nitrogens with one attached hydrogen (secondary N) is 1. The SMILES string of the molecule is C#Cc1c(F)ccc2cccc(-c3nc4c5c(nc(OC[C@@]67CCCN6[C@H](COC(=O)N6CCC(CC8(F)CCN(c9ccc%10c(C%11CCC(=O)NC%11=O)nn(C)c%10c9)CC8)CC6)CC7)nc5c3F)N3CCCOC[C@@H]3CC4)c12. The van der Waals surface area contributed by atoms with Crippen LogP contribution in [0, 0.1) is 29.9 Å². The molecule has 6 aromatic rings. The number of imide groups is 1. The second-order valence-electron chi connectivity index (χ2n) is 23.1. The fourth-order valence-electron chi connectivity index (χ4n) is 14.3. The van der Waals surface area contributed by atoms with Crippen LogP contribution in [0.25, 0.3) is 43.8 Å². The van der Waals surface area contributed by atoms with Crippen LogP contribution in [0.5, 0.6) is 6.01 Å². The van der Waals surface area contributed by atoms with Gasteiger partial charge in [-0.1, -0.05) is 30.2 Å². The third-order valence-corrected chi connectivity index (χ3v) is 18.5. The van der Waals surface area contributed by atoms with Gasteiger partial charge in [0.1, 0.15) is 41.7 Å². The Bertz CT molecular complexity index is 3460. The van der Waals surface area contributed by atoms with E-state index in [-0.39, 0.29) is 83.9 Å². The first-order valence-electron chi connectivity index (χ1n) is 28.3. The Hall–Kier alpha value is -7.04. The topological polar surface area (TPSA) is 160 Å². The number of aryl methyl sites for hydroxylation is 2. The summed E-state index contributed by atoms with van der Waals surface area (Å²) in [5.41, 5.74) is 2.14. The quantitative estimate of drug-likeness (QED) is 0.103. The predicted octanol–water partition coefficient (Wildman–Crippen LogP) is 8.68. The van der Waals surface area contributed by atoms with Crippen LogP contribution >= 0.6 is 0 Å². The van der Waals surface area contributed by atoms with Crippen LogP contribution in [-0.2, 0) is 32.5 Å². The Morgan fingerprint density at radius 3 is 2.58 bits per heavy atom. The molecule has 6 saturated heterocycles. The van der Waals surface area contributed by atoms with Crippen molar-refractivity contribution in [2.24, 2.45) is 13.0 Å². The van der Waals surface area contributed by atoms with Gasteiger partial charge in [-0.05, 0) is 126 Å². The van der Waals surface area contributed by atoms with E-state index in [0.29, 0.717) is 123 Å². The molecule has 412 valence electrons. The molecule has 6 fully saturated rings. The molecule has 3 amide bonds. The summed E-state index contributed by atoms with van der Waals surface area (Å²) in [6, 6.07) is 14.4. The van der Waals surface area contributed by atoms with Crippen molar-refractivity contribution in [3.63, 3.8) is 0 Å². The summed E-state index contributed by atoms with van der Waals surface area (Å²) in [7, 11) is 1.85. The molecule has 13 rings (SSSR count). The van der Waals surface area contributed by atoms with Crippen molar-refractivity contribution < 1.29 is 41.8 Å². The zero-order valence-electron chi connectivity index (χ0n) is 44.6. The van der Waals surface area contributed by atoms with Crippen LogP contribution in [0.4, 0.5) is 29.5 Å². The first-order chi connectivity index (χ1) is 38.4. The third-order valence-electron chi connectivity index (χ3n) is 18.5. The van der Waals surface area contributed by atoms with Gasteiger partial charge in [0.15, 0.2) is 5.82 Å². The molecular weight excluding hydrogens is 1010 g/mol. The average Bonchev–Trinajstić information content (AvgIpc) is 4.28. The number of terminal acetylenes is 1. The highest BCUT2D eigenvalue weighted by atomic mass is 19.1. The number of piperidine rings is 3. The average molecular weight is 1080 g/mol. The highest BCUT2D eigenvalue weighted by molar-refractivity contribution is 6.04. The van der Waals surface area contributed by atoms with E-state index in [2.05, 4.69) is 37.1 Å². The van der Waals surface area contributed by atoms with Crippen molar-refractivity contribution in [3.05, 3.63) is 77.1 Å². The third kappa shape index (κ3) is 9.35. The number of carbonyl (C=O) groups is 3. The van der Waals surface area contributed by atoms with E-state index in [4.69, 9.17) is 35.6 Å². The molecule has 1 unspecified atom stereocenters. The zero-order chi connectivity index (χ0) is 54.2. The maximum Gasteiger partial charge on any atom is 0.409 e. The molecule has 3 aromatic heterocycles. The van der Waals surface area contributed by atoms with E-state index in [1.54, 1.807) is 27.8 Å². The van der Waals surface area contributed by atoms with E-state index in [1.807, 2.05) is 25.2 Å². The summed E-state index contributed by atoms with van der Waals surface area (Å²) in [5.74, 6) is 0.959. The molecule has 4 atom stereocenters. The van der Waals surface area contributed by atoms with Crippen LogP contribution in [-0.4, -0.2) is 141 Å². The molecule has 0 bridgehead atoms. The number of ether oxygens (including phenoxy) is 3. The predicted molar refractivity (Wildman–Crippen MR) is 292 cm³/mol. The first kappa shape index (κ1) is 51.4. The molecule has 79 heavy (non-hydrogen) atoms. The number of halogens is 3. The number of nitrogens with zero attached hydrogens (tertiary/aromatic N) is 9. The van der Waals surface area contributed by atoms with E-state index >= 15 is 13.2 Å². The van der Waals surface area contributed by atoms with Crippen LogP contribution < -0.4 is 19.9 Å². The number of benzene rings is 3. The molecule has 1 N–H and O–H groups in total. The fourth-order valence-corrected chi connectivity index (χ4v) is 14.3. The summed E-state index contributed by atoms with van der Waals surface area (Å²) >= 11 is 0. The molecule has 19 heteroatoms. The standard InChI is InChI=1S/C60H65F3N10O6/c1-3-41-45(61)14-9-37-7-4-8-43(49(37)41)53-51(62)54-50-46(64-53)15-11-39-33-77-30-6-24-72(39)55(50)67-57(66-54)79-35-60-20-5-25-73(60)40(17-21-60)34-78-58(76)71-26-18-36(19-27-71)32-59(63)22-28-70(29-23-59)38-10-12-42-47(31-38)69(2)68-52(42)44-13-16-48(74)65-56(44)75/h1,4,7-10,12,14,31,36,39-40,44H,5-6,11,13,15-30,32-35H2,2H3,(H,65,74,75)/t39-,40-,44?,60-/m0/s1. The molecule has 0 aliphatic carbocycles. The van der Waals surface area contributed by atoms with Crippen molar-refractivity contribution in [1.29, 1.82) is 0 Å². The Balaban J connectivity index is 0.639. The van der Waals surface area contributed by atoms with Crippen molar-refractivity contribution in [3.8, 4) is 29.6 Å². The number of carbonyl (C=O) groups excluding carboxylic acids is 3. The summed E-state index contributed by atoms with van der Waals surface area (Å²) in [6.45, 7) is 5.32. The van der Waals surface area contributed by atoms with E-state index in [1.165, 1.54) is 6.07 Å². The lowest BCUT2D eigenvalue weighted by molar-refractivity contribution is -0.134. The lowest BCUT2D eigenvalue weighted by Gasteiger charge is -2.41. The molecule has 10 heterocycles. The van der Waals surface area contributed by atoms with Crippen molar-refractivity contribution in [2.45, 2.75) is 119 Å². The second kappa shape index (κ2) is 20.6. The molecule has 7 aliphatic heterocycles. The summed E-state index contributed by atoms with van der Waals surface area (Å²) < 4.78 is 69.7. The fraction of sp³-hybridized carbons (Fsp3) is 0.517. The Kier molecular flexibility index (Phi) is 13.4. The number of amides is 3. The number of fused-ring (bicyclic) bond motifs is 5. The van der Waals surface area contributed by atoms with Crippen LogP contribution in [0.3, 0.4) is 0 Å². The minimum atomic E-state index is -1.29. The number of hydrogen-bond donors (Lipinski definition) is 1.